The molecule has 4 nitrogen and oxygen atoms in total. The van der Waals surface area contributed by atoms with Crippen LogP contribution in [-0.2, 0) is 0 Å². The number of nitrogen functional groups attached to an aromatic ring is 1. The van der Waals surface area contributed by atoms with Crippen LogP contribution in [-0.4, -0.2) is 24.2 Å². The number of rotatable bonds is 7. The Bertz CT molecular complexity index is 603. The molecule has 1 heterocycles. The predicted octanol–water partition coefficient (Wildman–Crippen LogP) is 3.01. The van der Waals surface area contributed by atoms with E-state index in [0.717, 1.165) is 29.3 Å². The van der Waals surface area contributed by atoms with Gasteiger partial charge in [-0.15, -0.1) is 11.3 Å². The van der Waals surface area contributed by atoms with Crippen molar-refractivity contribution in [2.24, 2.45) is 5.92 Å². The van der Waals surface area contributed by atoms with Crippen molar-refractivity contribution in [1.29, 1.82) is 0 Å². The maximum atomic E-state index is 12.2. The van der Waals surface area contributed by atoms with Gasteiger partial charge in [-0.1, -0.05) is 13.3 Å². The highest BCUT2D eigenvalue weighted by atomic mass is 32.1. The first kappa shape index (κ1) is 15.8. The minimum absolute atomic E-state index is 0.0474. The number of benzene rings is 1. The fraction of sp³-hybridized carbons (Fsp3) is 0.438. The summed E-state index contributed by atoms with van der Waals surface area (Å²) in [4.78, 5) is 12.9. The average Bonchev–Trinajstić information content (AvgIpc) is 2.88. The van der Waals surface area contributed by atoms with E-state index >= 15 is 0 Å². The zero-order chi connectivity index (χ0) is 15.2. The van der Waals surface area contributed by atoms with Crippen LogP contribution in [0.15, 0.2) is 24.3 Å². The highest BCUT2D eigenvalue weighted by Gasteiger charge is 2.13. The van der Waals surface area contributed by atoms with Crippen LogP contribution in [0.2, 0.25) is 0 Å². The zero-order valence-electron chi connectivity index (χ0n) is 12.3. The first-order chi connectivity index (χ1) is 10.1. The quantitative estimate of drug-likeness (QED) is 0.688. The fourth-order valence-electron chi connectivity index (χ4n) is 2.44. The van der Waals surface area contributed by atoms with Crippen molar-refractivity contribution in [3.63, 3.8) is 0 Å². The number of hydrogen-bond donors (Lipinski definition) is 3. The summed E-state index contributed by atoms with van der Waals surface area (Å²) in [5.41, 5.74) is 6.46. The number of aliphatic hydroxyl groups excluding tert-OH is 1. The highest BCUT2D eigenvalue weighted by Crippen LogP contribution is 2.27. The molecular weight excluding hydrogens is 284 g/mol. The number of fused-ring (bicyclic) bond motifs is 1. The third-order valence-electron chi connectivity index (χ3n) is 3.55. The molecule has 4 N–H and O–H groups in total. The van der Waals surface area contributed by atoms with E-state index in [-0.39, 0.29) is 12.5 Å². The molecular formula is C16H22N2O2S. The lowest BCUT2D eigenvalue weighted by atomic mass is 10.0. The molecule has 0 bridgehead atoms. The van der Waals surface area contributed by atoms with Crippen molar-refractivity contribution >= 4 is 33.0 Å². The lowest BCUT2D eigenvalue weighted by Crippen LogP contribution is -2.29. The fourth-order valence-corrected chi connectivity index (χ4v) is 3.40. The normalized spacial score (nSPS) is 12.5. The largest absolute Gasteiger partial charge is 0.399 e. The number of amides is 1. The number of carbonyl (C=O) groups excluding carboxylic acids is 1. The van der Waals surface area contributed by atoms with E-state index < -0.39 is 0 Å². The van der Waals surface area contributed by atoms with Gasteiger partial charge in [-0.25, -0.2) is 0 Å². The molecule has 0 saturated carbocycles. The Kier molecular flexibility index (Phi) is 5.59. The smallest absolute Gasteiger partial charge is 0.261 e. The molecule has 0 saturated heterocycles. The minimum Gasteiger partial charge on any atom is -0.399 e. The van der Waals surface area contributed by atoms with E-state index in [1.807, 2.05) is 24.3 Å². The number of thiophene rings is 1. The lowest BCUT2D eigenvalue weighted by molar-refractivity contribution is 0.0947. The van der Waals surface area contributed by atoms with Crippen LogP contribution < -0.4 is 11.1 Å². The van der Waals surface area contributed by atoms with Crippen LogP contribution >= 0.6 is 11.3 Å². The van der Waals surface area contributed by atoms with E-state index in [4.69, 9.17) is 10.8 Å². The first-order valence-corrected chi connectivity index (χ1v) is 8.13. The number of nitrogens with two attached hydrogens (primary N) is 1. The molecule has 21 heavy (non-hydrogen) atoms. The molecule has 2 rings (SSSR count). The van der Waals surface area contributed by atoms with Gasteiger partial charge in [0.2, 0.25) is 0 Å². The molecule has 0 aliphatic heterocycles. The summed E-state index contributed by atoms with van der Waals surface area (Å²) in [5.74, 6) is 0.294. The number of carbonyl (C=O) groups is 1. The Hall–Kier alpha value is -1.59. The monoisotopic (exact) mass is 306 g/mol. The van der Waals surface area contributed by atoms with Gasteiger partial charge in [0, 0.05) is 23.5 Å². The molecule has 5 heteroatoms. The third-order valence-corrected chi connectivity index (χ3v) is 4.66. The lowest BCUT2D eigenvalue weighted by Gasteiger charge is -2.15. The summed E-state index contributed by atoms with van der Waals surface area (Å²) in [6, 6.07) is 7.55. The van der Waals surface area contributed by atoms with Gasteiger partial charge in [0.25, 0.3) is 5.91 Å². The van der Waals surface area contributed by atoms with Gasteiger partial charge in [0.1, 0.15) is 0 Å². The van der Waals surface area contributed by atoms with Crippen LogP contribution in [0.25, 0.3) is 10.1 Å². The van der Waals surface area contributed by atoms with E-state index in [2.05, 4.69) is 12.2 Å². The Labute approximate surface area is 129 Å². The van der Waals surface area contributed by atoms with Crippen molar-refractivity contribution in [1.82, 2.24) is 5.32 Å². The molecule has 0 aliphatic rings. The van der Waals surface area contributed by atoms with Crippen molar-refractivity contribution in [2.75, 3.05) is 18.9 Å². The molecule has 1 amide bonds. The van der Waals surface area contributed by atoms with Gasteiger partial charge in [-0.3, -0.25) is 4.79 Å². The first-order valence-electron chi connectivity index (χ1n) is 7.32. The third kappa shape index (κ3) is 4.19. The van der Waals surface area contributed by atoms with E-state index in [1.54, 1.807) is 0 Å². The maximum absolute atomic E-state index is 12.2. The number of hydrogen-bond acceptors (Lipinski definition) is 4. The van der Waals surface area contributed by atoms with Crippen LogP contribution in [0.4, 0.5) is 5.69 Å². The van der Waals surface area contributed by atoms with Crippen molar-refractivity contribution < 1.29 is 9.90 Å². The van der Waals surface area contributed by atoms with Crippen molar-refractivity contribution in [3.8, 4) is 0 Å². The predicted molar refractivity (Wildman–Crippen MR) is 88.7 cm³/mol. The Balaban J connectivity index is 2.01. The van der Waals surface area contributed by atoms with E-state index in [1.165, 1.54) is 11.3 Å². The summed E-state index contributed by atoms with van der Waals surface area (Å²) in [7, 11) is 0. The second-order valence-electron chi connectivity index (χ2n) is 5.28. The van der Waals surface area contributed by atoms with E-state index in [9.17, 15) is 4.79 Å². The number of anilines is 1. The molecule has 0 fully saturated rings. The molecule has 0 radical (unpaired) electrons. The van der Waals surface area contributed by atoms with Crippen LogP contribution in [0.5, 0.6) is 0 Å². The van der Waals surface area contributed by atoms with Gasteiger partial charge in [0.05, 0.1) is 4.88 Å². The Morgan fingerprint density at radius 3 is 2.90 bits per heavy atom. The zero-order valence-corrected chi connectivity index (χ0v) is 13.1. The van der Waals surface area contributed by atoms with E-state index in [0.29, 0.717) is 23.0 Å². The molecule has 2 aromatic rings. The van der Waals surface area contributed by atoms with Gasteiger partial charge >= 0.3 is 0 Å². The van der Waals surface area contributed by atoms with Gasteiger partial charge < -0.3 is 16.2 Å². The van der Waals surface area contributed by atoms with Crippen molar-refractivity contribution in [2.45, 2.75) is 26.2 Å². The Morgan fingerprint density at radius 2 is 2.19 bits per heavy atom. The molecule has 1 aromatic heterocycles. The molecule has 1 unspecified atom stereocenters. The topological polar surface area (TPSA) is 75.3 Å². The second kappa shape index (κ2) is 7.43. The van der Waals surface area contributed by atoms with Gasteiger partial charge in [-0.05, 0) is 48.4 Å². The standard InChI is InChI=1S/C16H22N2O2S/c1-2-3-11(6-7-19)10-18-16(20)15-9-12-8-13(17)4-5-14(12)21-15/h4-5,8-9,11,19H,2-3,6-7,10,17H2,1H3,(H,18,20). The summed E-state index contributed by atoms with van der Waals surface area (Å²) in [6.45, 7) is 2.90. The average molecular weight is 306 g/mol. The minimum atomic E-state index is -0.0474. The van der Waals surface area contributed by atoms with Crippen molar-refractivity contribution in [3.05, 3.63) is 29.1 Å². The highest BCUT2D eigenvalue weighted by molar-refractivity contribution is 7.20. The van der Waals surface area contributed by atoms with Crippen LogP contribution in [0.1, 0.15) is 35.9 Å². The molecule has 1 atom stereocenters. The summed E-state index contributed by atoms with van der Waals surface area (Å²) >= 11 is 1.48. The molecule has 0 aliphatic carbocycles. The Morgan fingerprint density at radius 1 is 1.38 bits per heavy atom. The molecule has 0 spiro atoms. The maximum Gasteiger partial charge on any atom is 0.261 e. The number of aliphatic hydroxyl groups is 1. The van der Waals surface area contributed by atoms with Gasteiger partial charge in [-0.2, -0.15) is 0 Å². The van der Waals surface area contributed by atoms with Crippen LogP contribution in [0, 0.1) is 5.92 Å². The summed E-state index contributed by atoms with van der Waals surface area (Å²) in [6.07, 6.45) is 2.81. The SMILES string of the molecule is CCCC(CCO)CNC(=O)c1cc2cc(N)ccc2s1. The molecule has 114 valence electrons. The van der Waals surface area contributed by atoms with Gasteiger partial charge in [0.15, 0.2) is 0 Å². The second-order valence-corrected chi connectivity index (χ2v) is 6.37. The summed E-state index contributed by atoms with van der Waals surface area (Å²) in [5, 5.41) is 13.0. The van der Waals surface area contributed by atoms with Crippen LogP contribution in [0.3, 0.4) is 0 Å². The number of nitrogens with one attached hydrogen (secondary N) is 1. The molecule has 1 aromatic carbocycles. The summed E-state index contributed by atoms with van der Waals surface area (Å²) < 4.78 is 1.06.